The molecule has 1 aliphatic rings. The van der Waals surface area contributed by atoms with Crippen molar-refractivity contribution in [2.75, 3.05) is 0 Å². The molecule has 1 aliphatic carbocycles. The second-order valence-corrected chi connectivity index (χ2v) is 7.05. The van der Waals surface area contributed by atoms with Gasteiger partial charge in [-0.15, -0.1) is 11.3 Å². The minimum absolute atomic E-state index is 0.0712. The van der Waals surface area contributed by atoms with E-state index in [0.29, 0.717) is 17.9 Å². The van der Waals surface area contributed by atoms with Crippen LogP contribution in [-0.2, 0) is 7.05 Å². The Kier molecular flexibility index (Phi) is 3.59. The molecule has 0 saturated heterocycles. The van der Waals surface area contributed by atoms with E-state index >= 15 is 0 Å². The summed E-state index contributed by atoms with van der Waals surface area (Å²) in [5.41, 5.74) is 1.92. The lowest BCUT2D eigenvalue weighted by Crippen LogP contribution is -2.44. The van der Waals surface area contributed by atoms with Crippen molar-refractivity contribution >= 4 is 27.5 Å². The maximum absolute atomic E-state index is 12.5. The predicted octanol–water partition coefficient (Wildman–Crippen LogP) is 3.79. The molecule has 0 radical (unpaired) electrons. The van der Waals surface area contributed by atoms with E-state index in [1.807, 2.05) is 17.7 Å². The summed E-state index contributed by atoms with van der Waals surface area (Å²) in [6.45, 7) is 4.56. The molecule has 1 fully saturated rings. The van der Waals surface area contributed by atoms with Crippen molar-refractivity contribution in [3.05, 3.63) is 23.2 Å². The molecule has 0 aromatic carbocycles. The van der Waals surface area contributed by atoms with Crippen LogP contribution >= 0.6 is 11.3 Å². The van der Waals surface area contributed by atoms with E-state index in [4.69, 9.17) is 0 Å². The number of hydrogen-bond donors (Lipinski definition) is 1. The van der Waals surface area contributed by atoms with Crippen molar-refractivity contribution < 1.29 is 4.79 Å². The summed E-state index contributed by atoms with van der Waals surface area (Å²) in [4.78, 5) is 12.5. The third-order valence-corrected chi connectivity index (χ3v) is 5.77. The van der Waals surface area contributed by atoms with E-state index in [0.717, 1.165) is 17.6 Å². The highest BCUT2D eigenvalue weighted by molar-refractivity contribution is 7.17. The Labute approximate surface area is 124 Å². The lowest BCUT2D eigenvalue weighted by molar-refractivity contribution is 0.0883. The Hall–Kier alpha value is -1.29. The first-order valence-electron chi connectivity index (χ1n) is 7.41. The molecule has 3 rings (SSSR count). The molecule has 108 valence electrons. The van der Waals surface area contributed by atoms with E-state index in [2.05, 4.69) is 30.6 Å². The van der Waals surface area contributed by atoms with Gasteiger partial charge in [0, 0.05) is 13.1 Å². The largest absolute Gasteiger partial charge is 0.348 e. The molecule has 2 aromatic heterocycles. The number of aryl methyl sites for hydroxylation is 1. The molecular weight excluding hydrogens is 268 g/mol. The van der Waals surface area contributed by atoms with Gasteiger partial charge in [0.25, 0.3) is 5.91 Å². The molecule has 2 aromatic rings. The van der Waals surface area contributed by atoms with Gasteiger partial charge in [-0.25, -0.2) is 0 Å². The maximum Gasteiger partial charge on any atom is 0.268 e. The first-order chi connectivity index (χ1) is 9.58. The predicted molar refractivity (Wildman–Crippen MR) is 84.2 cm³/mol. The van der Waals surface area contributed by atoms with Crippen molar-refractivity contribution in [3.8, 4) is 0 Å². The number of aromatic nitrogens is 1. The van der Waals surface area contributed by atoms with Gasteiger partial charge in [0.1, 0.15) is 5.69 Å². The zero-order chi connectivity index (χ0) is 14.3. The van der Waals surface area contributed by atoms with Gasteiger partial charge in [0.2, 0.25) is 0 Å². The van der Waals surface area contributed by atoms with Gasteiger partial charge in [-0.1, -0.05) is 26.7 Å². The number of fused-ring (bicyclic) bond motifs is 1. The zero-order valence-corrected chi connectivity index (χ0v) is 13.2. The van der Waals surface area contributed by atoms with Gasteiger partial charge in [0.05, 0.1) is 10.2 Å². The highest BCUT2D eigenvalue weighted by Crippen LogP contribution is 2.30. The number of nitrogens with one attached hydrogen (secondary N) is 1. The van der Waals surface area contributed by atoms with Crippen LogP contribution in [0.3, 0.4) is 0 Å². The molecule has 3 atom stereocenters. The van der Waals surface area contributed by atoms with Crippen LogP contribution in [0.5, 0.6) is 0 Å². The average Bonchev–Trinajstić information content (AvgIpc) is 2.98. The van der Waals surface area contributed by atoms with Crippen LogP contribution in [0.15, 0.2) is 17.5 Å². The normalized spacial score (nSPS) is 26.9. The van der Waals surface area contributed by atoms with Crippen LogP contribution in [0.25, 0.3) is 10.2 Å². The zero-order valence-electron chi connectivity index (χ0n) is 12.3. The van der Waals surface area contributed by atoms with Gasteiger partial charge in [-0.05, 0) is 35.8 Å². The molecule has 1 N–H and O–H groups in total. The Balaban J connectivity index is 1.78. The van der Waals surface area contributed by atoms with Crippen LogP contribution in [0, 0.1) is 11.8 Å². The van der Waals surface area contributed by atoms with Crippen LogP contribution in [0.1, 0.15) is 43.6 Å². The van der Waals surface area contributed by atoms with Crippen LogP contribution in [0.4, 0.5) is 0 Å². The fraction of sp³-hybridized carbons (Fsp3) is 0.562. The molecule has 3 unspecified atom stereocenters. The molecular formula is C16H22N2OS. The lowest BCUT2D eigenvalue weighted by atomic mass is 9.78. The first kappa shape index (κ1) is 13.7. The van der Waals surface area contributed by atoms with Gasteiger partial charge in [-0.2, -0.15) is 0 Å². The molecule has 1 amide bonds. The third-order valence-electron chi connectivity index (χ3n) is 4.92. The van der Waals surface area contributed by atoms with Crippen LogP contribution in [0.2, 0.25) is 0 Å². The second kappa shape index (κ2) is 5.24. The summed E-state index contributed by atoms with van der Waals surface area (Å²) in [6, 6.07) is 4.40. The van der Waals surface area contributed by atoms with Crippen LogP contribution < -0.4 is 5.32 Å². The summed E-state index contributed by atoms with van der Waals surface area (Å²) in [7, 11) is 1.97. The number of rotatable bonds is 2. The summed E-state index contributed by atoms with van der Waals surface area (Å²) in [5.74, 6) is 1.34. The Bertz CT molecular complexity index is 627. The molecule has 1 saturated carbocycles. The number of carbonyl (C=O) groups excluding carboxylic acids is 1. The molecule has 0 spiro atoms. The second-order valence-electron chi connectivity index (χ2n) is 6.11. The van der Waals surface area contributed by atoms with Gasteiger partial charge in [-0.3, -0.25) is 4.79 Å². The quantitative estimate of drug-likeness (QED) is 0.897. The van der Waals surface area contributed by atoms with E-state index in [-0.39, 0.29) is 5.91 Å². The SMILES string of the molecule is CC1CCCC(NC(=O)c2cc3sccc3n2C)C1C. The Morgan fingerprint density at radius 3 is 2.95 bits per heavy atom. The Morgan fingerprint density at radius 1 is 1.40 bits per heavy atom. The van der Waals surface area contributed by atoms with E-state index in [1.165, 1.54) is 17.5 Å². The smallest absolute Gasteiger partial charge is 0.268 e. The number of hydrogen-bond acceptors (Lipinski definition) is 2. The highest BCUT2D eigenvalue weighted by Gasteiger charge is 2.29. The summed E-state index contributed by atoms with van der Waals surface area (Å²) < 4.78 is 3.18. The maximum atomic E-state index is 12.5. The molecule has 0 bridgehead atoms. The van der Waals surface area contributed by atoms with Crippen molar-refractivity contribution in [1.29, 1.82) is 0 Å². The number of nitrogens with zero attached hydrogens (tertiary/aromatic N) is 1. The number of thiophene rings is 1. The summed E-state index contributed by atoms with van der Waals surface area (Å²) in [5, 5.41) is 5.32. The fourth-order valence-corrected chi connectivity index (χ4v) is 4.14. The Morgan fingerprint density at radius 2 is 2.20 bits per heavy atom. The third kappa shape index (κ3) is 2.26. The number of carbonyl (C=O) groups is 1. The topological polar surface area (TPSA) is 34.0 Å². The summed E-state index contributed by atoms with van der Waals surface area (Å²) in [6.07, 6.45) is 3.61. The van der Waals surface area contributed by atoms with Gasteiger partial charge < -0.3 is 9.88 Å². The first-order valence-corrected chi connectivity index (χ1v) is 8.29. The van der Waals surface area contributed by atoms with E-state index < -0.39 is 0 Å². The summed E-state index contributed by atoms with van der Waals surface area (Å²) >= 11 is 1.69. The number of amides is 1. The minimum atomic E-state index is 0.0712. The van der Waals surface area contributed by atoms with Crippen molar-refractivity contribution in [1.82, 2.24) is 9.88 Å². The molecule has 20 heavy (non-hydrogen) atoms. The van der Waals surface area contributed by atoms with Crippen molar-refractivity contribution in [3.63, 3.8) is 0 Å². The molecule has 4 heteroatoms. The van der Waals surface area contributed by atoms with Crippen molar-refractivity contribution in [2.45, 2.75) is 39.2 Å². The lowest BCUT2D eigenvalue weighted by Gasteiger charge is -2.34. The standard InChI is InChI=1S/C16H22N2OS/c1-10-5-4-6-12(11(10)2)17-16(19)14-9-15-13(18(14)3)7-8-20-15/h7-12H,4-6H2,1-3H3,(H,17,19). The van der Waals surface area contributed by atoms with Gasteiger partial charge in [0.15, 0.2) is 0 Å². The van der Waals surface area contributed by atoms with Crippen molar-refractivity contribution in [2.24, 2.45) is 18.9 Å². The van der Waals surface area contributed by atoms with E-state index in [9.17, 15) is 4.79 Å². The molecule has 2 heterocycles. The molecule has 3 nitrogen and oxygen atoms in total. The fourth-order valence-electron chi connectivity index (χ4n) is 3.30. The van der Waals surface area contributed by atoms with Gasteiger partial charge >= 0.3 is 0 Å². The van der Waals surface area contributed by atoms with E-state index in [1.54, 1.807) is 11.3 Å². The van der Waals surface area contributed by atoms with Crippen LogP contribution in [-0.4, -0.2) is 16.5 Å². The highest BCUT2D eigenvalue weighted by atomic mass is 32.1. The molecule has 0 aliphatic heterocycles. The minimum Gasteiger partial charge on any atom is -0.348 e. The average molecular weight is 290 g/mol. The monoisotopic (exact) mass is 290 g/mol.